The van der Waals surface area contributed by atoms with Crippen LogP contribution in [0, 0.1) is 0 Å². The Bertz CT molecular complexity index is 605. The number of hydrogen-bond acceptors (Lipinski definition) is 4. The van der Waals surface area contributed by atoms with Crippen molar-refractivity contribution in [1.29, 1.82) is 0 Å². The highest BCUT2D eigenvalue weighted by atomic mass is 35.5. The number of esters is 1. The summed E-state index contributed by atoms with van der Waals surface area (Å²) in [4.78, 5) is 12.0. The Labute approximate surface area is 147 Å². The maximum atomic E-state index is 12.0. The second-order valence-electron chi connectivity index (χ2n) is 4.95. The molecule has 0 aliphatic rings. The monoisotopic (exact) mass is 355 g/mol. The number of benzene rings is 2. The SMILES string of the molecule is COC(=O)[C@H](Cc1ccc(O)cc1)N(Cl)Cc1ccccc1.Cl. The molecule has 2 aromatic rings. The number of hydrogen-bond donors (Lipinski definition) is 1. The van der Waals surface area contributed by atoms with Gasteiger partial charge in [-0.15, -0.1) is 12.4 Å². The van der Waals surface area contributed by atoms with Crippen LogP contribution in [0.5, 0.6) is 5.75 Å². The summed E-state index contributed by atoms with van der Waals surface area (Å²) in [5.74, 6) is -0.204. The van der Waals surface area contributed by atoms with Crippen LogP contribution in [0.3, 0.4) is 0 Å². The minimum absolute atomic E-state index is 0. The third-order valence-electron chi connectivity index (χ3n) is 3.35. The number of rotatable bonds is 6. The van der Waals surface area contributed by atoms with Crippen LogP contribution in [0.15, 0.2) is 54.6 Å². The average Bonchev–Trinajstić information content (AvgIpc) is 2.54. The third kappa shape index (κ3) is 5.75. The summed E-state index contributed by atoms with van der Waals surface area (Å²) in [5, 5.41) is 9.32. The lowest BCUT2D eigenvalue weighted by atomic mass is 10.1. The van der Waals surface area contributed by atoms with Gasteiger partial charge in [-0.1, -0.05) is 42.5 Å². The van der Waals surface area contributed by atoms with Crippen molar-refractivity contribution in [2.45, 2.75) is 19.0 Å². The van der Waals surface area contributed by atoms with Crippen molar-refractivity contribution in [2.24, 2.45) is 0 Å². The summed E-state index contributed by atoms with van der Waals surface area (Å²) in [5.41, 5.74) is 1.91. The van der Waals surface area contributed by atoms with Crippen LogP contribution in [0.4, 0.5) is 0 Å². The second-order valence-corrected chi connectivity index (χ2v) is 5.39. The molecule has 0 aliphatic heterocycles. The maximum absolute atomic E-state index is 12.0. The number of carbonyl (C=O) groups excluding carboxylic acids is 1. The number of nitrogens with zero attached hydrogens (tertiary/aromatic N) is 1. The molecule has 2 rings (SSSR count). The Morgan fingerprint density at radius 2 is 1.74 bits per heavy atom. The average molecular weight is 356 g/mol. The highest BCUT2D eigenvalue weighted by Gasteiger charge is 2.26. The first kappa shape index (κ1) is 19.3. The normalized spacial score (nSPS) is 11.6. The largest absolute Gasteiger partial charge is 0.508 e. The van der Waals surface area contributed by atoms with Crippen molar-refractivity contribution >= 4 is 30.2 Å². The molecular formula is C17H19Cl2NO3. The summed E-state index contributed by atoms with van der Waals surface area (Å²) in [6, 6.07) is 15.8. The van der Waals surface area contributed by atoms with Crippen molar-refractivity contribution in [3.63, 3.8) is 0 Å². The number of phenolic OH excluding ortho intramolecular Hbond substituents is 1. The van der Waals surface area contributed by atoms with E-state index in [2.05, 4.69) is 0 Å². The van der Waals surface area contributed by atoms with E-state index in [0.29, 0.717) is 13.0 Å². The summed E-state index contributed by atoms with van der Waals surface area (Å²) in [6.45, 7) is 0.431. The van der Waals surface area contributed by atoms with E-state index in [1.807, 2.05) is 30.3 Å². The lowest BCUT2D eigenvalue weighted by Gasteiger charge is -2.23. The fourth-order valence-corrected chi connectivity index (χ4v) is 2.44. The van der Waals surface area contributed by atoms with Crippen LogP contribution >= 0.6 is 24.2 Å². The minimum Gasteiger partial charge on any atom is -0.508 e. The molecule has 23 heavy (non-hydrogen) atoms. The van der Waals surface area contributed by atoms with Crippen LogP contribution in [0.2, 0.25) is 0 Å². The first-order valence-corrected chi connectivity index (χ1v) is 7.26. The van der Waals surface area contributed by atoms with E-state index in [9.17, 15) is 9.90 Å². The van der Waals surface area contributed by atoms with Crippen LogP contribution < -0.4 is 0 Å². The molecule has 0 spiro atoms. The molecule has 1 atom stereocenters. The van der Waals surface area contributed by atoms with Gasteiger partial charge in [-0.25, -0.2) is 4.42 Å². The van der Waals surface area contributed by atoms with Crippen molar-refractivity contribution in [2.75, 3.05) is 7.11 Å². The standard InChI is InChI=1S/C17H18ClNO3.ClH/c1-22-17(21)16(11-13-7-9-15(20)10-8-13)19(18)12-14-5-3-2-4-6-14;/h2-10,16,20H,11-12H2,1H3;1H/t16-;/m0./s1. The van der Waals surface area contributed by atoms with Gasteiger partial charge in [-0.3, -0.25) is 4.79 Å². The van der Waals surface area contributed by atoms with Crippen LogP contribution in [0.25, 0.3) is 0 Å². The van der Waals surface area contributed by atoms with Gasteiger partial charge in [0.2, 0.25) is 0 Å². The quantitative estimate of drug-likeness (QED) is 0.635. The molecule has 0 fully saturated rings. The predicted molar refractivity (Wildman–Crippen MR) is 92.7 cm³/mol. The Hall–Kier alpha value is -1.75. The zero-order valence-electron chi connectivity index (χ0n) is 12.7. The molecular weight excluding hydrogens is 337 g/mol. The lowest BCUT2D eigenvalue weighted by Crippen LogP contribution is -2.37. The molecule has 1 N–H and O–H groups in total. The second kappa shape index (κ2) is 9.40. The molecule has 0 unspecified atom stereocenters. The van der Waals surface area contributed by atoms with Crippen molar-refractivity contribution in [3.8, 4) is 5.75 Å². The van der Waals surface area contributed by atoms with E-state index in [1.165, 1.54) is 11.5 Å². The van der Waals surface area contributed by atoms with Crippen LogP contribution in [0.1, 0.15) is 11.1 Å². The Morgan fingerprint density at radius 3 is 2.30 bits per heavy atom. The van der Waals surface area contributed by atoms with Crippen molar-refractivity contribution < 1.29 is 14.6 Å². The van der Waals surface area contributed by atoms with Gasteiger partial charge in [-0.05, 0) is 41.5 Å². The number of ether oxygens (including phenoxy) is 1. The van der Waals surface area contributed by atoms with Crippen LogP contribution in [-0.2, 0) is 22.5 Å². The Morgan fingerprint density at radius 1 is 1.13 bits per heavy atom. The molecule has 2 aromatic carbocycles. The first-order chi connectivity index (χ1) is 10.6. The van der Waals surface area contributed by atoms with Gasteiger partial charge in [-0.2, -0.15) is 0 Å². The molecule has 4 nitrogen and oxygen atoms in total. The molecule has 0 bridgehead atoms. The summed E-state index contributed by atoms with van der Waals surface area (Å²) < 4.78 is 6.31. The zero-order chi connectivity index (χ0) is 15.9. The lowest BCUT2D eigenvalue weighted by molar-refractivity contribution is -0.145. The van der Waals surface area contributed by atoms with E-state index in [1.54, 1.807) is 24.3 Å². The Kier molecular flexibility index (Phi) is 7.89. The molecule has 0 saturated heterocycles. The molecule has 0 saturated carbocycles. The van der Waals surface area contributed by atoms with E-state index in [-0.39, 0.29) is 24.1 Å². The fourth-order valence-electron chi connectivity index (χ4n) is 2.16. The molecule has 0 aliphatic carbocycles. The van der Waals surface area contributed by atoms with Gasteiger partial charge in [0.1, 0.15) is 11.8 Å². The molecule has 0 aromatic heterocycles. The number of carbonyl (C=O) groups is 1. The maximum Gasteiger partial charge on any atom is 0.324 e. The van der Waals surface area contributed by atoms with E-state index in [0.717, 1.165) is 11.1 Å². The number of phenols is 1. The van der Waals surface area contributed by atoms with E-state index >= 15 is 0 Å². The molecule has 0 heterocycles. The van der Waals surface area contributed by atoms with Crippen LogP contribution in [-0.4, -0.2) is 28.6 Å². The predicted octanol–water partition coefficient (Wildman–Crippen LogP) is 3.55. The van der Waals surface area contributed by atoms with Gasteiger partial charge >= 0.3 is 5.97 Å². The van der Waals surface area contributed by atoms with Gasteiger partial charge < -0.3 is 9.84 Å². The smallest absolute Gasteiger partial charge is 0.324 e. The Balaban J connectivity index is 0.00000264. The highest BCUT2D eigenvalue weighted by Crippen LogP contribution is 2.18. The zero-order valence-corrected chi connectivity index (χ0v) is 14.3. The topological polar surface area (TPSA) is 49.8 Å². The molecule has 124 valence electrons. The van der Waals surface area contributed by atoms with Gasteiger partial charge in [0, 0.05) is 6.54 Å². The van der Waals surface area contributed by atoms with Gasteiger partial charge in [0.05, 0.1) is 7.11 Å². The fraction of sp³-hybridized carbons (Fsp3) is 0.235. The molecule has 0 amide bonds. The summed E-state index contributed by atoms with van der Waals surface area (Å²) in [7, 11) is 1.35. The number of halogens is 2. The highest BCUT2D eigenvalue weighted by molar-refractivity contribution is 6.14. The number of methoxy groups -OCH3 is 1. The first-order valence-electron chi connectivity index (χ1n) is 6.92. The minimum atomic E-state index is -0.601. The molecule has 0 radical (unpaired) electrons. The van der Waals surface area contributed by atoms with E-state index in [4.69, 9.17) is 16.5 Å². The van der Waals surface area contributed by atoms with E-state index < -0.39 is 6.04 Å². The van der Waals surface area contributed by atoms with Crippen molar-refractivity contribution in [1.82, 2.24) is 4.42 Å². The van der Waals surface area contributed by atoms with Gasteiger partial charge in [0.15, 0.2) is 0 Å². The summed E-state index contributed by atoms with van der Waals surface area (Å²) >= 11 is 6.32. The molecule has 6 heteroatoms. The van der Waals surface area contributed by atoms with Gasteiger partial charge in [0.25, 0.3) is 0 Å². The third-order valence-corrected chi connectivity index (χ3v) is 3.71. The summed E-state index contributed by atoms with van der Waals surface area (Å²) in [6.07, 6.45) is 0.406. The van der Waals surface area contributed by atoms with Crippen molar-refractivity contribution in [3.05, 3.63) is 65.7 Å². The number of aromatic hydroxyl groups is 1.